The van der Waals surface area contributed by atoms with Crippen molar-refractivity contribution >= 4 is 5.69 Å². The van der Waals surface area contributed by atoms with Gasteiger partial charge in [0.1, 0.15) is 5.69 Å². The minimum Gasteiger partial charge on any atom is -0.308 e. The number of hydrogen-bond acceptors (Lipinski definition) is 4. The standard InChI is InChI=1S/C9H11N3O2/c1-6-2-4-11-8(7-3-5-10-7)9(6)12(13)14/h2,4,7,10H,3,5H2,1H3. The SMILES string of the molecule is Cc1ccnc(C2CCN2)c1[N+](=O)[O-]. The second-order valence-electron chi connectivity index (χ2n) is 3.41. The van der Waals surface area contributed by atoms with Crippen LogP contribution in [0.1, 0.15) is 23.7 Å². The molecule has 1 aliphatic heterocycles. The zero-order valence-electron chi connectivity index (χ0n) is 7.86. The van der Waals surface area contributed by atoms with Gasteiger partial charge in [-0.05, 0) is 26.0 Å². The maximum atomic E-state index is 10.8. The molecule has 1 unspecified atom stereocenters. The van der Waals surface area contributed by atoms with Gasteiger partial charge in [0, 0.05) is 11.8 Å². The summed E-state index contributed by atoms with van der Waals surface area (Å²) < 4.78 is 0. The van der Waals surface area contributed by atoms with Crippen molar-refractivity contribution < 1.29 is 4.92 Å². The second kappa shape index (κ2) is 3.34. The van der Waals surface area contributed by atoms with Gasteiger partial charge in [-0.3, -0.25) is 15.1 Å². The Morgan fingerprint density at radius 1 is 1.71 bits per heavy atom. The quantitative estimate of drug-likeness (QED) is 0.568. The van der Waals surface area contributed by atoms with Gasteiger partial charge in [-0.1, -0.05) is 0 Å². The van der Waals surface area contributed by atoms with Crippen LogP contribution in [-0.2, 0) is 0 Å². The molecule has 0 amide bonds. The highest BCUT2D eigenvalue weighted by Crippen LogP contribution is 2.30. The van der Waals surface area contributed by atoms with E-state index < -0.39 is 0 Å². The molecule has 0 bridgehead atoms. The molecule has 0 aliphatic carbocycles. The maximum Gasteiger partial charge on any atom is 0.295 e. The molecular weight excluding hydrogens is 182 g/mol. The van der Waals surface area contributed by atoms with Gasteiger partial charge < -0.3 is 5.32 Å². The van der Waals surface area contributed by atoms with Gasteiger partial charge in [-0.25, -0.2) is 0 Å². The maximum absolute atomic E-state index is 10.8. The molecule has 2 heterocycles. The number of hydrogen-bond donors (Lipinski definition) is 1. The Morgan fingerprint density at radius 3 is 2.93 bits per heavy atom. The van der Waals surface area contributed by atoms with Crippen molar-refractivity contribution in [2.24, 2.45) is 0 Å². The van der Waals surface area contributed by atoms with Crippen molar-refractivity contribution in [1.82, 2.24) is 10.3 Å². The molecule has 1 atom stereocenters. The largest absolute Gasteiger partial charge is 0.308 e. The Labute approximate surface area is 81.3 Å². The Balaban J connectivity index is 2.46. The van der Waals surface area contributed by atoms with Crippen molar-refractivity contribution in [2.45, 2.75) is 19.4 Å². The van der Waals surface area contributed by atoms with Crippen LogP contribution in [0.15, 0.2) is 12.3 Å². The highest BCUT2D eigenvalue weighted by Gasteiger charge is 2.29. The molecule has 5 nitrogen and oxygen atoms in total. The summed E-state index contributed by atoms with van der Waals surface area (Å²) in [5.74, 6) is 0. The van der Waals surface area contributed by atoms with Crippen LogP contribution >= 0.6 is 0 Å². The normalized spacial score (nSPS) is 20.2. The minimum atomic E-state index is -0.350. The van der Waals surface area contributed by atoms with Crippen LogP contribution < -0.4 is 5.32 Å². The van der Waals surface area contributed by atoms with Gasteiger partial charge in [0.15, 0.2) is 0 Å². The second-order valence-corrected chi connectivity index (χ2v) is 3.41. The summed E-state index contributed by atoms with van der Waals surface area (Å²) in [6.45, 7) is 2.65. The van der Waals surface area contributed by atoms with Crippen LogP contribution in [0.5, 0.6) is 0 Å². The molecule has 1 fully saturated rings. The summed E-state index contributed by atoms with van der Waals surface area (Å²) in [5.41, 5.74) is 1.40. The smallest absolute Gasteiger partial charge is 0.295 e. The van der Waals surface area contributed by atoms with E-state index in [9.17, 15) is 10.1 Å². The van der Waals surface area contributed by atoms with Gasteiger partial charge in [0.2, 0.25) is 0 Å². The fourth-order valence-electron chi connectivity index (χ4n) is 1.59. The molecule has 1 N–H and O–H groups in total. The number of nitro groups is 1. The fourth-order valence-corrected chi connectivity index (χ4v) is 1.59. The topological polar surface area (TPSA) is 68.1 Å². The van der Waals surface area contributed by atoms with Gasteiger partial charge in [-0.15, -0.1) is 0 Å². The van der Waals surface area contributed by atoms with Crippen molar-refractivity contribution in [1.29, 1.82) is 0 Å². The molecule has 0 aromatic carbocycles. The van der Waals surface area contributed by atoms with E-state index in [1.54, 1.807) is 19.2 Å². The van der Waals surface area contributed by atoms with Crippen LogP contribution in [0.4, 0.5) is 5.69 Å². The van der Waals surface area contributed by atoms with Crippen LogP contribution in [0.3, 0.4) is 0 Å². The number of nitrogens with one attached hydrogen (secondary N) is 1. The van der Waals surface area contributed by atoms with E-state index in [0.29, 0.717) is 11.3 Å². The van der Waals surface area contributed by atoms with Crippen LogP contribution in [0.2, 0.25) is 0 Å². The molecule has 1 aromatic rings. The van der Waals surface area contributed by atoms with E-state index in [1.807, 2.05) is 0 Å². The molecule has 1 aliphatic rings. The number of pyridine rings is 1. The summed E-state index contributed by atoms with van der Waals surface area (Å²) in [6, 6.07) is 1.73. The molecule has 14 heavy (non-hydrogen) atoms. The van der Waals surface area contributed by atoms with Crippen molar-refractivity contribution in [3.63, 3.8) is 0 Å². The van der Waals surface area contributed by atoms with E-state index in [4.69, 9.17) is 0 Å². The molecule has 0 saturated carbocycles. The number of aryl methyl sites for hydroxylation is 1. The van der Waals surface area contributed by atoms with Crippen molar-refractivity contribution in [3.8, 4) is 0 Å². The first-order valence-corrected chi connectivity index (χ1v) is 4.53. The molecular formula is C9H11N3O2. The predicted octanol–water partition coefficient (Wildman–Crippen LogP) is 1.33. The lowest BCUT2D eigenvalue weighted by atomic mass is 10.00. The van der Waals surface area contributed by atoms with Crippen molar-refractivity contribution in [3.05, 3.63) is 33.6 Å². The first-order valence-electron chi connectivity index (χ1n) is 4.53. The lowest BCUT2D eigenvalue weighted by Gasteiger charge is -2.26. The lowest BCUT2D eigenvalue weighted by Crippen LogP contribution is -2.36. The summed E-state index contributed by atoms with van der Waals surface area (Å²) in [5, 5.41) is 13.9. The van der Waals surface area contributed by atoms with E-state index in [2.05, 4.69) is 10.3 Å². The monoisotopic (exact) mass is 193 g/mol. The average molecular weight is 193 g/mol. The third-order valence-corrected chi connectivity index (χ3v) is 2.49. The number of nitrogens with zero attached hydrogens (tertiary/aromatic N) is 2. The minimum absolute atomic E-state index is 0.0651. The van der Waals surface area contributed by atoms with Crippen LogP contribution in [0.25, 0.3) is 0 Å². The molecule has 5 heteroatoms. The Kier molecular flexibility index (Phi) is 2.17. The molecule has 1 saturated heterocycles. The zero-order valence-corrected chi connectivity index (χ0v) is 7.86. The summed E-state index contributed by atoms with van der Waals surface area (Å²) in [7, 11) is 0. The molecule has 0 radical (unpaired) electrons. The Morgan fingerprint density at radius 2 is 2.43 bits per heavy atom. The Hall–Kier alpha value is -1.49. The van der Waals surface area contributed by atoms with Gasteiger partial charge in [0.05, 0.1) is 11.0 Å². The molecule has 2 rings (SSSR count). The van der Waals surface area contributed by atoms with E-state index in [-0.39, 0.29) is 16.7 Å². The summed E-state index contributed by atoms with van der Waals surface area (Å²) in [4.78, 5) is 14.6. The zero-order chi connectivity index (χ0) is 10.1. The number of rotatable bonds is 2. The molecule has 74 valence electrons. The number of aromatic nitrogens is 1. The highest BCUT2D eigenvalue weighted by atomic mass is 16.6. The van der Waals surface area contributed by atoms with Crippen molar-refractivity contribution in [2.75, 3.05) is 6.54 Å². The summed E-state index contributed by atoms with van der Waals surface area (Å²) in [6.07, 6.45) is 2.55. The first kappa shape index (κ1) is 9.08. The van der Waals surface area contributed by atoms with Gasteiger partial charge in [0.25, 0.3) is 5.69 Å². The van der Waals surface area contributed by atoms with Gasteiger partial charge in [-0.2, -0.15) is 0 Å². The van der Waals surface area contributed by atoms with Crippen LogP contribution in [-0.4, -0.2) is 16.5 Å². The van der Waals surface area contributed by atoms with Gasteiger partial charge >= 0.3 is 0 Å². The first-order chi connectivity index (χ1) is 6.70. The van der Waals surface area contributed by atoms with E-state index in [1.165, 1.54) is 0 Å². The highest BCUT2D eigenvalue weighted by molar-refractivity contribution is 5.44. The van der Waals surface area contributed by atoms with Crippen LogP contribution in [0, 0.1) is 17.0 Å². The third kappa shape index (κ3) is 1.35. The molecule has 0 spiro atoms. The van der Waals surface area contributed by atoms with E-state index in [0.717, 1.165) is 13.0 Å². The average Bonchev–Trinajstić information content (AvgIpc) is 1.99. The Bertz CT molecular complexity index is 374. The summed E-state index contributed by atoms with van der Waals surface area (Å²) >= 11 is 0. The predicted molar refractivity (Wildman–Crippen MR) is 51.0 cm³/mol. The van der Waals surface area contributed by atoms with E-state index >= 15 is 0 Å². The third-order valence-electron chi connectivity index (χ3n) is 2.49. The lowest BCUT2D eigenvalue weighted by molar-refractivity contribution is -0.386. The molecule has 1 aromatic heterocycles. The fraction of sp³-hybridized carbons (Fsp3) is 0.444.